The molecule has 1 amide bonds. The summed E-state index contributed by atoms with van der Waals surface area (Å²) in [5.74, 6) is 1.53. The Labute approximate surface area is 210 Å². The lowest BCUT2D eigenvalue weighted by atomic mass is 10.1. The third kappa shape index (κ3) is 4.16. The second-order valence-corrected chi connectivity index (χ2v) is 9.85. The smallest absolute Gasteiger partial charge is 0.251 e. The Morgan fingerprint density at radius 1 is 1.08 bits per heavy atom. The predicted molar refractivity (Wildman–Crippen MR) is 139 cm³/mol. The Bertz CT molecular complexity index is 1270. The van der Waals surface area contributed by atoms with Crippen LogP contribution in [0.25, 0.3) is 22.3 Å². The highest BCUT2D eigenvalue weighted by molar-refractivity contribution is 5.95. The van der Waals surface area contributed by atoms with Crippen molar-refractivity contribution in [3.05, 3.63) is 42.0 Å². The molecule has 3 unspecified atom stereocenters. The zero-order valence-electron chi connectivity index (χ0n) is 20.8. The lowest BCUT2D eigenvalue weighted by Gasteiger charge is -2.37. The summed E-state index contributed by atoms with van der Waals surface area (Å²) in [4.78, 5) is 32.0. The highest BCUT2D eigenvalue weighted by Gasteiger charge is 2.39. The maximum atomic E-state index is 12.2. The van der Waals surface area contributed by atoms with Gasteiger partial charge in [0.25, 0.3) is 5.91 Å². The second kappa shape index (κ2) is 9.63. The number of methoxy groups -OCH3 is 1. The molecule has 3 aromatic rings. The van der Waals surface area contributed by atoms with Crippen molar-refractivity contribution in [3.63, 3.8) is 0 Å². The molecule has 1 aromatic carbocycles. The number of pyridine rings is 1. The summed E-state index contributed by atoms with van der Waals surface area (Å²) in [7, 11) is 3.41. The number of benzene rings is 1. The van der Waals surface area contributed by atoms with E-state index in [1.807, 2.05) is 24.3 Å². The molecule has 0 saturated carbocycles. The summed E-state index contributed by atoms with van der Waals surface area (Å²) in [5.41, 5.74) is 2.93. The third-order valence-corrected chi connectivity index (χ3v) is 7.65. The van der Waals surface area contributed by atoms with Gasteiger partial charge in [0.05, 0.1) is 42.5 Å². The molecule has 0 spiro atoms. The number of piperidine rings is 1. The van der Waals surface area contributed by atoms with E-state index < -0.39 is 0 Å². The number of rotatable bonds is 5. The number of fused-ring (bicyclic) bond motifs is 3. The number of ether oxygens (including phenoxy) is 2. The lowest BCUT2D eigenvalue weighted by Crippen LogP contribution is -2.47. The molecule has 36 heavy (non-hydrogen) atoms. The molecular formula is C27H32N6O3. The summed E-state index contributed by atoms with van der Waals surface area (Å²) >= 11 is 0. The van der Waals surface area contributed by atoms with Gasteiger partial charge in [0.1, 0.15) is 5.82 Å². The quantitative estimate of drug-likeness (QED) is 0.586. The first-order valence-electron chi connectivity index (χ1n) is 12.8. The van der Waals surface area contributed by atoms with E-state index in [4.69, 9.17) is 24.4 Å². The SMILES string of the molecule is CNC(=O)c1cccc(-c2ccc3c(N4C5CCC4COC5)nc(N4CCCC(OC)C4)nc3n2)c1. The average molecular weight is 489 g/mol. The first-order valence-corrected chi connectivity index (χ1v) is 12.8. The van der Waals surface area contributed by atoms with Gasteiger partial charge in [-0.15, -0.1) is 0 Å². The molecular weight excluding hydrogens is 456 g/mol. The number of hydrogen-bond donors (Lipinski definition) is 1. The topological polar surface area (TPSA) is 92.7 Å². The van der Waals surface area contributed by atoms with E-state index >= 15 is 0 Å². The molecule has 2 aromatic heterocycles. The van der Waals surface area contributed by atoms with Crippen molar-refractivity contribution in [2.24, 2.45) is 0 Å². The Kier molecular flexibility index (Phi) is 6.18. The normalized spacial score (nSPS) is 23.8. The fourth-order valence-corrected chi connectivity index (χ4v) is 5.73. The van der Waals surface area contributed by atoms with Crippen molar-refractivity contribution in [1.82, 2.24) is 20.3 Å². The van der Waals surface area contributed by atoms with Gasteiger partial charge in [0.15, 0.2) is 5.65 Å². The number of aromatic nitrogens is 3. The van der Waals surface area contributed by atoms with Gasteiger partial charge in [-0.25, -0.2) is 4.98 Å². The second-order valence-electron chi connectivity index (χ2n) is 9.85. The van der Waals surface area contributed by atoms with Gasteiger partial charge < -0.3 is 24.6 Å². The Hall–Kier alpha value is -3.30. The monoisotopic (exact) mass is 488 g/mol. The van der Waals surface area contributed by atoms with Crippen molar-refractivity contribution in [2.45, 2.75) is 43.9 Å². The van der Waals surface area contributed by atoms with Crippen LogP contribution in [0.5, 0.6) is 0 Å². The number of nitrogens with zero attached hydrogens (tertiary/aromatic N) is 5. The Morgan fingerprint density at radius 2 is 1.92 bits per heavy atom. The van der Waals surface area contributed by atoms with Crippen LogP contribution in [-0.4, -0.2) is 79.5 Å². The first-order chi connectivity index (χ1) is 17.6. The summed E-state index contributed by atoms with van der Waals surface area (Å²) in [6.07, 6.45) is 4.48. The molecule has 0 radical (unpaired) electrons. The van der Waals surface area contributed by atoms with E-state index in [1.165, 1.54) is 0 Å². The molecule has 9 heteroatoms. The standard InChI is InChI=1S/C27H32N6O3/c1-28-26(34)18-6-3-5-17(13-18)23-11-10-22-24(29-23)30-27(32-12-4-7-21(14-32)35-2)31-25(22)33-19-8-9-20(33)16-36-15-19/h3,5-6,10-11,13,19-21H,4,7-9,12,14-16H2,1-2H3,(H,28,34). The number of carbonyl (C=O) groups excluding carboxylic acids is 1. The minimum Gasteiger partial charge on any atom is -0.380 e. The molecule has 5 heterocycles. The van der Waals surface area contributed by atoms with Crippen molar-refractivity contribution < 1.29 is 14.3 Å². The molecule has 3 atom stereocenters. The van der Waals surface area contributed by atoms with Crippen molar-refractivity contribution >= 4 is 28.7 Å². The van der Waals surface area contributed by atoms with Crippen LogP contribution in [0.4, 0.5) is 11.8 Å². The minimum absolute atomic E-state index is 0.120. The average Bonchev–Trinajstić information content (AvgIpc) is 3.18. The molecule has 2 bridgehead atoms. The maximum Gasteiger partial charge on any atom is 0.251 e. The van der Waals surface area contributed by atoms with E-state index in [-0.39, 0.29) is 12.0 Å². The largest absolute Gasteiger partial charge is 0.380 e. The van der Waals surface area contributed by atoms with E-state index in [1.54, 1.807) is 20.2 Å². The fourth-order valence-electron chi connectivity index (χ4n) is 5.73. The zero-order chi connectivity index (χ0) is 24.6. The van der Waals surface area contributed by atoms with E-state index in [0.717, 1.165) is 74.4 Å². The van der Waals surface area contributed by atoms with Crippen LogP contribution >= 0.6 is 0 Å². The zero-order valence-corrected chi connectivity index (χ0v) is 20.8. The number of hydrogen-bond acceptors (Lipinski definition) is 8. The summed E-state index contributed by atoms with van der Waals surface area (Å²) in [6, 6.07) is 12.3. The molecule has 9 nitrogen and oxygen atoms in total. The van der Waals surface area contributed by atoms with Gasteiger partial charge in [0, 0.05) is 38.4 Å². The van der Waals surface area contributed by atoms with Crippen LogP contribution in [0, 0.1) is 0 Å². The highest BCUT2D eigenvalue weighted by Crippen LogP contribution is 2.38. The summed E-state index contributed by atoms with van der Waals surface area (Å²) < 4.78 is 11.5. The van der Waals surface area contributed by atoms with Crippen LogP contribution in [-0.2, 0) is 9.47 Å². The molecule has 3 saturated heterocycles. The summed E-state index contributed by atoms with van der Waals surface area (Å²) in [6.45, 7) is 3.12. The minimum atomic E-state index is -0.120. The molecule has 1 N–H and O–H groups in total. The third-order valence-electron chi connectivity index (χ3n) is 7.65. The predicted octanol–water partition coefficient (Wildman–Crippen LogP) is 3.03. The van der Waals surface area contributed by atoms with Crippen molar-refractivity contribution in [1.29, 1.82) is 0 Å². The van der Waals surface area contributed by atoms with Gasteiger partial charge in [-0.1, -0.05) is 12.1 Å². The lowest BCUT2D eigenvalue weighted by molar-refractivity contribution is 0.0886. The Balaban J connectivity index is 1.46. The van der Waals surface area contributed by atoms with Gasteiger partial charge >= 0.3 is 0 Å². The number of carbonyl (C=O) groups is 1. The number of anilines is 2. The van der Waals surface area contributed by atoms with Crippen molar-refractivity contribution in [2.75, 3.05) is 50.3 Å². The van der Waals surface area contributed by atoms with Crippen LogP contribution in [0.15, 0.2) is 36.4 Å². The van der Waals surface area contributed by atoms with E-state index in [9.17, 15) is 4.79 Å². The van der Waals surface area contributed by atoms with Crippen LogP contribution < -0.4 is 15.1 Å². The highest BCUT2D eigenvalue weighted by atomic mass is 16.5. The van der Waals surface area contributed by atoms with Crippen LogP contribution in [0.1, 0.15) is 36.0 Å². The molecule has 3 fully saturated rings. The molecule has 3 aliphatic rings. The Morgan fingerprint density at radius 3 is 2.69 bits per heavy atom. The van der Waals surface area contributed by atoms with Gasteiger partial charge in [-0.05, 0) is 49.9 Å². The van der Waals surface area contributed by atoms with Gasteiger partial charge in [0.2, 0.25) is 5.95 Å². The van der Waals surface area contributed by atoms with Crippen molar-refractivity contribution in [3.8, 4) is 11.3 Å². The van der Waals surface area contributed by atoms with Crippen LogP contribution in [0.2, 0.25) is 0 Å². The fraction of sp³-hybridized carbons (Fsp3) is 0.481. The first kappa shape index (κ1) is 23.1. The number of nitrogens with one attached hydrogen (secondary N) is 1. The molecule has 0 aliphatic carbocycles. The van der Waals surface area contributed by atoms with Crippen LogP contribution in [0.3, 0.4) is 0 Å². The van der Waals surface area contributed by atoms with Gasteiger partial charge in [-0.2, -0.15) is 9.97 Å². The number of morpholine rings is 1. The van der Waals surface area contributed by atoms with E-state index in [0.29, 0.717) is 29.2 Å². The molecule has 3 aliphatic heterocycles. The van der Waals surface area contributed by atoms with E-state index in [2.05, 4.69) is 21.2 Å². The van der Waals surface area contributed by atoms with Gasteiger partial charge in [-0.3, -0.25) is 4.79 Å². The summed E-state index contributed by atoms with van der Waals surface area (Å²) in [5, 5.41) is 3.64. The molecule has 188 valence electrons. The number of amides is 1. The maximum absolute atomic E-state index is 12.2. The molecule has 6 rings (SSSR count).